The van der Waals surface area contributed by atoms with Gasteiger partial charge in [-0.25, -0.2) is 0 Å². The standard InChI is InChI=1S/C19H23N3O3.ClH/c1-19(2,3)16-9-6-14(12-17(16)22(24)25)18(23)21-11-10-13-4-7-15(20)8-5-13;/h4-9,12H,10-11,20H2,1-3H3,(H,21,23);1H. The summed E-state index contributed by atoms with van der Waals surface area (Å²) in [6.07, 6.45) is 0.661. The molecule has 0 aliphatic heterocycles. The number of nitrogen functional groups attached to an aromatic ring is 1. The number of nitrogens with two attached hydrogens (primary N) is 1. The fourth-order valence-corrected chi connectivity index (χ4v) is 2.56. The summed E-state index contributed by atoms with van der Waals surface area (Å²) in [6.45, 7) is 6.16. The average molecular weight is 378 g/mol. The zero-order chi connectivity index (χ0) is 18.6. The number of nitro groups is 1. The Kier molecular flexibility index (Phi) is 7.15. The molecular weight excluding hydrogens is 354 g/mol. The molecule has 1 amide bonds. The number of carbonyl (C=O) groups is 1. The first-order valence-electron chi connectivity index (χ1n) is 8.10. The number of hydrogen-bond donors (Lipinski definition) is 2. The molecule has 3 N–H and O–H groups in total. The molecule has 2 aromatic carbocycles. The van der Waals surface area contributed by atoms with Gasteiger partial charge in [-0.05, 0) is 35.6 Å². The molecule has 2 rings (SSSR count). The van der Waals surface area contributed by atoms with Crippen LogP contribution in [0.4, 0.5) is 11.4 Å². The van der Waals surface area contributed by atoms with Gasteiger partial charge in [-0.3, -0.25) is 14.9 Å². The number of amides is 1. The lowest BCUT2D eigenvalue weighted by molar-refractivity contribution is -0.386. The molecule has 0 fully saturated rings. The van der Waals surface area contributed by atoms with Gasteiger partial charge in [0.15, 0.2) is 0 Å². The summed E-state index contributed by atoms with van der Waals surface area (Å²) >= 11 is 0. The Bertz CT molecular complexity index is 784. The van der Waals surface area contributed by atoms with Crippen LogP contribution in [0.3, 0.4) is 0 Å². The van der Waals surface area contributed by atoms with Gasteiger partial charge in [-0.15, -0.1) is 12.4 Å². The van der Waals surface area contributed by atoms with Crippen LogP contribution in [0.5, 0.6) is 0 Å². The number of nitrogens with one attached hydrogen (secondary N) is 1. The molecule has 140 valence electrons. The monoisotopic (exact) mass is 377 g/mol. The number of hydrogen-bond acceptors (Lipinski definition) is 4. The number of nitro benzene ring substituents is 1. The van der Waals surface area contributed by atoms with E-state index in [0.29, 0.717) is 24.2 Å². The Labute approximate surface area is 159 Å². The summed E-state index contributed by atoms with van der Waals surface area (Å²) in [6, 6.07) is 12.1. The summed E-state index contributed by atoms with van der Waals surface area (Å²) in [5, 5.41) is 14.1. The highest BCUT2D eigenvalue weighted by Gasteiger charge is 2.25. The average Bonchev–Trinajstić information content (AvgIpc) is 2.55. The second-order valence-corrected chi connectivity index (χ2v) is 6.99. The van der Waals surface area contributed by atoms with Crippen molar-refractivity contribution in [3.8, 4) is 0 Å². The molecule has 2 aromatic rings. The lowest BCUT2D eigenvalue weighted by atomic mass is 9.85. The Balaban J connectivity index is 0.00000338. The quantitative estimate of drug-likeness (QED) is 0.469. The van der Waals surface area contributed by atoms with E-state index in [9.17, 15) is 14.9 Å². The van der Waals surface area contributed by atoms with Gasteiger partial charge in [0.05, 0.1) is 4.92 Å². The van der Waals surface area contributed by atoms with Crippen molar-refractivity contribution in [1.29, 1.82) is 0 Å². The third-order valence-corrected chi connectivity index (χ3v) is 3.94. The maximum absolute atomic E-state index is 12.3. The van der Waals surface area contributed by atoms with Gasteiger partial charge in [-0.1, -0.05) is 39.0 Å². The number of anilines is 1. The number of halogens is 1. The first kappa shape index (κ1) is 21.4. The predicted molar refractivity (Wildman–Crippen MR) is 106 cm³/mol. The van der Waals surface area contributed by atoms with E-state index in [1.807, 2.05) is 45.0 Å². The minimum absolute atomic E-state index is 0. The highest BCUT2D eigenvalue weighted by Crippen LogP contribution is 2.31. The molecule has 7 heteroatoms. The van der Waals surface area contributed by atoms with Gasteiger partial charge in [0.25, 0.3) is 11.6 Å². The number of benzene rings is 2. The summed E-state index contributed by atoms with van der Waals surface area (Å²) in [5.41, 5.74) is 7.89. The number of rotatable bonds is 5. The molecule has 0 unspecified atom stereocenters. The molecule has 26 heavy (non-hydrogen) atoms. The molecule has 0 aliphatic rings. The van der Waals surface area contributed by atoms with Crippen molar-refractivity contribution < 1.29 is 9.72 Å². The minimum atomic E-state index is -0.439. The van der Waals surface area contributed by atoms with E-state index < -0.39 is 4.92 Å². The highest BCUT2D eigenvalue weighted by atomic mass is 35.5. The second kappa shape index (κ2) is 8.67. The molecule has 6 nitrogen and oxygen atoms in total. The molecule has 0 heterocycles. The maximum Gasteiger partial charge on any atom is 0.273 e. The Morgan fingerprint density at radius 2 is 1.77 bits per heavy atom. The van der Waals surface area contributed by atoms with Crippen molar-refractivity contribution >= 4 is 29.7 Å². The topological polar surface area (TPSA) is 98.3 Å². The third kappa shape index (κ3) is 5.46. The van der Waals surface area contributed by atoms with Crippen molar-refractivity contribution in [2.45, 2.75) is 32.6 Å². The molecule has 0 bridgehead atoms. The Morgan fingerprint density at radius 1 is 1.15 bits per heavy atom. The minimum Gasteiger partial charge on any atom is -0.399 e. The summed E-state index contributed by atoms with van der Waals surface area (Å²) < 4.78 is 0. The molecular formula is C19H24ClN3O3. The van der Waals surface area contributed by atoms with Gasteiger partial charge in [-0.2, -0.15) is 0 Å². The predicted octanol–water partition coefficient (Wildman–Crippen LogP) is 3.87. The van der Waals surface area contributed by atoms with Crippen LogP contribution in [0.25, 0.3) is 0 Å². The molecule has 0 aromatic heterocycles. The van der Waals surface area contributed by atoms with Crippen molar-refractivity contribution in [2.24, 2.45) is 0 Å². The molecule has 0 aliphatic carbocycles. The van der Waals surface area contributed by atoms with Crippen LogP contribution in [0.1, 0.15) is 42.3 Å². The first-order valence-corrected chi connectivity index (χ1v) is 8.10. The van der Waals surface area contributed by atoms with Gasteiger partial charge < -0.3 is 11.1 Å². The van der Waals surface area contributed by atoms with Crippen molar-refractivity contribution in [3.63, 3.8) is 0 Å². The largest absolute Gasteiger partial charge is 0.399 e. The van der Waals surface area contributed by atoms with Crippen LogP contribution >= 0.6 is 12.4 Å². The van der Waals surface area contributed by atoms with E-state index in [2.05, 4.69) is 5.32 Å². The van der Waals surface area contributed by atoms with Crippen molar-refractivity contribution in [2.75, 3.05) is 12.3 Å². The van der Waals surface area contributed by atoms with Gasteiger partial charge in [0.2, 0.25) is 0 Å². The van der Waals surface area contributed by atoms with E-state index >= 15 is 0 Å². The highest BCUT2D eigenvalue weighted by molar-refractivity contribution is 5.95. The number of carbonyl (C=O) groups excluding carboxylic acids is 1. The van der Waals surface area contributed by atoms with E-state index in [4.69, 9.17) is 5.73 Å². The summed E-state index contributed by atoms with van der Waals surface area (Å²) in [5.74, 6) is -0.320. The fourth-order valence-electron chi connectivity index (χ4n) is 2.56. The van der Waals surface area contributed by atoms with E-state index in [-0.39, 0.29) is 35.0 Å². The molecule has 0 spiro atoms. The smallest absolute Gasteiger partial charge is 0.273 e. The van der Waals surface area contributed by atoms with Gasteiger partial charge in [0, 0.05) is 29.4 Å². The van der Waals surface area contributed by atoms with Gasteiger partial charge in [0.1, 0.15) is 0 Å². The lowest BCUT2D eigenvalue weighted by Crippen LogP contribution is -2.26. The van der Waals surface area contributed by atoms with Gasteiger partial charge >= 0.3 is 0 Å². The molecule has 0 radical (unpaired) electrons. The van der Waals surface area contributed by atoms with Crippen LogP contribution in [0, 0.1) is 10.1 Å². The van der Waals surface area contributed by atoms with E-state index in [0.717, 1.165) is 5.56 Å². The van der Waals surface area contributed by atoms with Crippen LogP contribution in [0.2, 0.25) is 0 Å². The summed E-state index contributed by atoms with van der Waals surface area (Å²) in [7, 11) is 0. The normalized spacial score (nSPS) is 10.7. The molecule has 0 saturated carbocycles. The third-order valence-electron chi connectivity index (χ3n) is 3.94. The lowest BCUT2D eigenvalue weighted by Gasteiger charge is -2.19. The Hall–Kier alpha value is -2.60. The van der Waals surface area contributed by atoms with Crippen LogP contribution in [0.15, 0.2) is 42.5 Å². The van der Waals surface area contributed by atoms with Crippen LogP contribution in [-0.4, -0.2) is 17.4 Å². The molecule has 0 saturated heterocycles. The second-order valence-electron chi connectivity index (χ2n) is 6.99. The SMILES string of the molecule is CC(C)(C)c1ccc(C(=O)NCCc2ccc(N)cc2)cc1[N+](=O)[O-].Cl. The van der Waals surface area contributed by atoms with Crippen LogP contribution in [-0.2, 0) is 11.8 Å². The zero-order valence-corrected chi connectivity index (χ0v) is 15.9. The van der Waals surface area contributed by atoms with Crippen molar-refractivity contribution in [3.05, 3.63) is 69.3 Å². The summed E-state index contributed by atoms with van der Waals surface area (Å²) in [4.78, 5) is 23.2. The first-order chi connectivity index (χ1) is 11.7. The van der Waals surface area contributed by atoms with E-state index in [1.54, 1.807) is 12.1 Å². The fraction of sp³-hybridized carbons (Fsp3) is 0.316. The Morgan fingerprint density at radius 3 is 2.31 bits per heavy atom. The van der Waals surface area contributed by atoms with Crippen molar-refractivity contribution in [1.82, 2.24) is 5.32 Å². The molecule has 0 atom stereocenters. The maximum atomic E-state index is 12.3. The van der Waals surface area contributed by atoms with E-state index in [1.165, 1.54) is 6.07 Å². The number of nitrogens with zero attached hydrogens (tertiary/aromatic N) is 1. The zero-order valence-electron chi connectivity index (χ0n) is 15.1. The van der Waals surface area contributed by atoms with Crippen LogP contribution < -0.4 is 11.1 Å².